The van der Waals surface area contributed by atoms with Gasteiger partial charge >= 0.3 is 6.18 Å². The first-order chi connectivity index (χ1) is 7.80. The molecule has 0 radical (unpaired) electrons. The van der Waals surface area contributed by atoms with Crippen LogP contribution in [0, 0.1) is 3.57 Å². The van der Waals surface area contributed by atoms with Gasteiger partial charge in [-0.25, -0.2) is 4.98 Å². The highest BCUT2D eigenvalue weighted by molar-refractivity contribution is 14.1. The maximum absolute atomic E-state index is 12.6. The van der Waals surface area contributed by atoms with Crippen molar-refractivity contribution in [3.05, 3.63) is 33.3 Å². The third-order valence-corrected chi connectivity index (χ3v) is 3.04. The number of hydrogen-bond donors (Lipinski definition) is 0. The molecule has 90 valence electrons. The van der Waals surface area contributed by atoms with Gasteiger partial charge < -0.3 is 0 Å². The molecular formula is C10H6F3IN2O. The van der Waals surface area contributed by atoms with E-state index in [1.807, 2.05) is 0 Å². The molecule has 0 fully saturated rings. The average Bonchev–Trinajstić information content (AvgIpc) is 2.60. The van der Waals surface area contributed by atoms with Crippen molar-refractivity contribution in [2.75, 3.05) is 0 Å². The van der Waals surface area contributed by atoms with Crippen LogP contribution in [0.3, 0.4) is 0 Å². The second kappa shape index (κ2) is 3.97. The number of aromatic nitrogens is 2. The van der Waals surface area contributed by atoms with Gasteiger partial charge in [-0.05, 0) is 28.7 Å². The zero-order valence-electron chi connectivity index (χ0n) is 8.55. The van der Waals surface area contributed by atoms with E-state index in [9.17, 15) is 18.0 Å². The second-order valence-electron chi connectivity index (χ2n) is 3.47. The number of carbonyl (C=O) groups excluding carboxylic acids is 1. The Hall–Kier alpha value is -1.12. The van der Waals surface area contributed by atoms with E-state index in [0.29, 0.717) is 9.22 Å². The summed E-state index contributed by atoms with van der Waals surface area (Å²) in [5.74, 6) is -0.326. The highest BCUT2D eigenvalue weighted by Crippen LogP contribution is 2.31. The third kappa shape index (κ3) is 2.15. The molecule has 0 atom stereocenters. The van der Waals surface area contributed by atoms with Crippen LogP contribution in [0.5, 0.6) is 0 Å². The summed E-state index contributed by atoms with van der Waals surface area (Å²) in [7, 11) is 0. The Kier molecular flexibility index (Phi) is 2.88. The van der Waals surface area contributed by atoms with Gasteiger partial charge in [0.05, 0.1) is 15.3 Å². The fraction of sp³-hybridized carbons (Fsp3) is 0.200. The minimum atomic E-state index is -4.44. The van der Waals surface area contributed by atoms with Crippen LogP contribution < -0.4 is 0 Å². The van der Waals surface area contributed by atoms with E-state index in [4.69, 9.17) is 0 Å². The van der Waals surface area contributed by atoms with Crippen molar-refractivity contribution in [2.24, 2.45) is 0 Å². The first-order valence-electron chi connectivity index (χ1n) is 4.55. The molecule has 17 heavy (non-hydrogen) atoms. The van der Waals surface area contributed by atoms with Crippen LogP contribution in [0.1, 0.15) is 23.0 Å². The minimum Gasteiger partial charge on any atom is -0.296 e. The standard InChI is InChI=1S/C10H6F3IN2O/c1-5(17)8-3-15-9-7(14)2-6(4-16(8)9)10(11,12)13/h2-4H,1H3. The number of alkyl halides is 3. The van der Waals surface area contributed by atoms with Crippen molar-refractivity contribution in [3.63, 3.8) is 0 Å². The van der Waals surface area contributed by atoms with Gasteiger partial charge in [-0.1, -0.05) is 0 Å². The van der Waals surface area contributed by atoms with Gasteiger partial charge in [0.1, 0.15) is 5.69 Å². The third-order valence-electron chi connectivity index (χ3n) is 2.25. The lowest BCUT2D eigenvalue weighted by molar-refractivity contribution is -0.137. The number of nitrogens with zero attached hydrogens (tertiary/aromatic N) is 2. The van der Waals surface area contributed by atoms with Crippen LogP contribution in [0.2, 0.25) is 0 Å². The fourth-order valence-corrected chi connectivity index (χ4v) is 2.20. The molecule has 2 rings (SSSR count). The van der Waals surface area contributed by atoms with Crippen LogP contribution in [-0.2, 0) is 6.18 Å². The van der Waals surface area contributed by atoms with Crippen LogP contribution in [0.25, 0.3) is 5.65 Å². The van der Waals surface area contributed by atoms with Gasteiger partial charge in [0.2, 0.25) is 0 Å². The van der Waals surface area contributed by atoms with Gasteiger partial charge in [-0.2, -0.15) is 13.2 Å². The molecule has 0 aliphatic rings. The number of ketones is 1. The molecule has 3 nitrogen and oxygen atoms in total. The molecule has 2 aromatic heterocycles. The molecule has 0 spiro atoms. The molecule has 0 unspecified atom stereocenters. The van der Waals surface area contributed by atoms with E-state index >= 15 is 0 Å². The predicted octanol–water partition coefficient (Wildman–Crippen LogP) is 3.16. The Morgan fingerprint density at radius 1 is 1.47 bits per heavy atom. The molecule has 0 bridgehead atoms. The van der Waals surface area contributed by atoms with Crippen LogP contribution in [0.4, 0.5) is 13.2 Å². The van der Waals surface area contributed by atoms with Crippen LogP contribution in [0.15, 0.2) is 18.5 Å². The van der Waals surface area contributed by atoms with E-state index in [1.54, 1.807) is 22.6 Å². The number of pyridine rings is 1. The van der Waals surface area contributed by atoms with Crippen molar-refractivity contribution in [1.29, 1.82) is 0 Å². The monoisotopic (exact) mass is 354 g/mol. The van der Waals surface area contributed by atoms with E-state index in [1.165, 1.54) is 17.5 Å². The number of Topliss-reactive ketones (excluding diaryl/α,β-unsaturated/α-hetero) is 1. The Morgan fingerprint density at radius 2 is 2.12 bits per heavy atom. The Morgan fingerprint density at radius 3 is 2.65 bits per heavy atom. The summed E-state index contributed by atoms with van der Waals surface area (Å²) < 4.78 is 39.4. The Labute approximate surface area is 108 Å². The fourth-order valence-electron chi connectivity index (χ4n) is 1.46. The number of halogens is 4. The summed E-state index contributed by atoms with van der Waals surface area (Å²) in [5.41, 5.74) is -0.303. The average molecular weight is 354 g/mol. The Bertz CT molecular complexity index is 603. The molecule has 7 heteroatoms. The lowest BCUT2D eigenvalue weighted by atomic mass is 10.2. The molecule has 2 heterocycles. The largest absolute Gasteiger partial charge is 0.417 e. The molecule has 0 aliphatic carbocycles. The van der Waals surface area contributed by atoms with E-state index in [2.05, 4.69) is 4.98 Å². The normalized spacial score (nSPS) is 12.1. The SMILES string of the molecule is CC(=O)c1cnc2c(I)cc(C(F)(F)F)cn12. The first kappa shape index (κ1) is 12.3. The molecule has 0 aliphatic heterocycles. The molecule has 0 N–H and O–H groups in total. The predicted molar refractivity (Wildman–Crippen MR) is 62.9 cm³/mol. The van der Waals surface area contributed by atoms with Crippen molar-refractivity contribution < 1.29 is 18.0 Å². The lowest BCUT2D eigenvalue weighted by Gasteiger charge is -2.09. The molecule has 0 amide bonds. The van der Waals surface area contributed by atoms with E-state index < -0.39 is 11.7 Å². The smallest absolute Gasteiger partial charge is 0.296 e. The van der Waals surface area contributed by atoms with Gasteiger partial charge in [0, 0.05) is 13.1 Å². The summed E-state index contributed by atoms with van der Waals surface area (Å²) in [6, 6.07) is 1.01. The topological polar surface area (TPSA) is 34.4 Å². The van der Waals surface area contributed by atoms with Crippen molar-refractivity contribution in [1.82, 2.24) is 9.38 Å². The lowest BCUT2D eigenvalue weighted by Crippen LogP contribution is -2.09. The molecule has 2 aromatic rings. The zero-order valence-corrected chi connectivity index (χ0v) is 10.7. The number of rotatable bonds is 1. The van der Waals surface area contributed by atoms with E-state index in [0.717, 1.165) is 12.3 Å². The summed E-state index contributed by atoms with van der Waals surface area (Å²) in [4.78, 5) is 15.2. The van der Waals surface area contributed by atoms with Crippen molar-refractivity contribution in [2.45, 2.75) is 13.1 Å². The maximum atomic E-state index is 12.6. The molecule has 0 saturated heterocycles. The van der Waals surface area contributed by atoms with Gasteiger partial charge in [0.25, 0.3) is 0 Å². The van der Waals surface area contributed by atoms with E-state index in [-0.39, 0.29) is 11.5 Å². The van der Waals surface area contributed by atoms with Gasteiger partial charge in [-0.3, -0.25) is 9.20 Å². The summed E-state index contributed by atoms with van der Waals surface area (Å²) >= 11 is 1.77. The number of imidazole rings is 1. The van der Waals surface area contributed by atoms with Gasteiger partial charge in [-0.15, -0.1) is 0 Å². The molecular weight excluding hydrogens is 348 g/mol. The number of fused-ring (bicyclic) bond motifs is 1. The number of carbonyl (C=O) groups is 1. The molecule has 0 saturated carbocycles. The summed E-state index contributed by atoms with van der Waals surface area (Å²) in [5, 5.41) is 0. The maximum Gasteiger partial charge on any atom is 0.417 e. The highest BCUT2D eigenvalue weighted by Gasteiger charge is 2.32. The quantitative estimate of drug-likeness (QED) is 0.583. The second-order valence-corrected chi connectivity index (χ2v) is 4.63. The van der Waals surface area contributed by atoms with Gasteiger partial charge in [0.15, 0.2) is 11.4 Å². The van der Waals surface area contributed by atoms with Crippen LogP contribution in [-0.4, -0.2) is 15.2 Å². The zero-order chi connectivity index (χ0) is 12.8. The molecule has 0 aromatic carbocycles. The Balaban J connectivity index is 2.78. The first-order valence-corrected chi connectivity index (χ1v) is 5.63. The van der Waals surface area contributed by atoms with Crippen molar-refractivity contribution >= 4 is 34.0 Å². The van der Waals surface area contributed by atoms with Crippen molar-refractivity contribution in [3.8, 4) is 0 Å². The highest BCUT2D eigenvalue weighted by atomic mass is 127. The van der Waals surface area contributed by atoms with Crippen LogP contribution >= 0.6 is 22.6 Å². The summed E-state index contributed by atoms with van der Waals surface area (Å²) in [6.45, 7) is 1.29. The summed E-state index contributed by atoms with van der Waals surface area (Å²) in [6.07, 6.45) is -2.27. The number of hydrogen-bond acceptors (Lipinski definition) is 2. The minimum absolute atomic E-state index is 0.143.